The van der Waals surface area contributed by atoms with Gasteiger partial charge in [0.1, 0.15) is 18.1 Å². The first-order valence-electron chi connectivity index (χ1n) is 10.5. The number of thiazole rings is 1. The van der Waals surface area contributed by atoms with E-state index in [0.29, 0.717) is 18.8 Å². The molecule has 0 aliphatic carbocycles. The quantitative estimate of drug-likeness (QED) is 0.532. The molecule has 1 saturated heterocycles. The summed E-state index contributed by atoms with van der Waals surface area (Å²) in [6.45, 7) is 7.20. The average molecular weight is 438 g/mol. The first kappa shape index (κ1) is 21.3. The molecule has 162 valence electrons. The first-order valence-corrected chi connectivity index (χ1v) is 11.5. The fraction of sp³-hybridized carbons (Fsp3) is 0.333. The Kier molecular flexibility index (Phi) is 7.17. The van der Waals surface area contributed by atoms with E-state index in [1.807, 2.05) is 53.6 Å². The van der Waals surface area contributed by atoms with Crippen LogP contribution in [0.4, 0.5) is 0 Å². The van der Waals surface area contributed by atoms with Crippen LogP contribution in [0.1, 0.15) is 28.5 Å². The fourth-order valence-electron chi connectivity index (χ4n) is 3.57. The molecule has 1 aliphatic heterocycles. The summed E-state index contributed by atoms with van der Waals surface area (Å²) >= 11 is 1.55. The third-order valence-corrected chi connectivity index (χ3v) is 5.91. The summed E-state index contributed by atoms with van der Waals surface area (Å²) in [7, 11) is 0. The summed E-state index contributed by atoms with van der Waals surface area (Å²) in [5, 5.41) is 1.97. The van der Waals surface area contributed by atoms with Gasteiger partial charge in [-0.15, -0.1) is 11.3 Å². The maximum absolute atomic E-state index is 12.9. The zero-order chi connectivity index (χ0) is 21.5. The van der Waals surface area contributed by atoms with E-state index in [1.54, 1.807) is 16.8 Å². The normalized spacial score (nSPS) is 14.4. The summed E-state index contributed by atoms with van der Waals surface area (Å²) < 4.78 is 11.2. The van der Waals surface area contributed by atoms with Crippen molar-refractivity contribution in [3.8, 4) is 11.5 Å². The molecule has 2 aromatic carbocycles. The molecule has 0 unspecified atom stereocenters. The third kappa shape index (κ3) is 5.83. The van der Waals surface area contributed by atoms with Crippen LogP contribution in [0.2, 0.25) is 0 Å². The molecule has 0 N–H and O–H groups in total. The van der Waals surface area contributed by atoms with Crippen LogP contribution in [-0.2, 0) is 13.2 Å². The van der Waals surface area contributed by atoms with E-state index < -0.39 is 0 Å². The molecule has 2 heterocycles. The molecule has 1 amide bonds. The maximum Gasteiger partial charge on any atom is 0.253 e. The Labute approximate surface area is 187 Å². The van der Waals surface area contributed by atoms with Crippen molar-refractivity contribution in [3.05, 3.63) is 76.2 Å². The number of nitrogens with zero attached hydrogens (tertiary/aromatic N) is 3. The van der Waals surface area contributed by atoms with E-state index in [-0.39, 0.29) is 5.91 Å². The highest BCUT2D eigenvalue weighted by Gasteiger charge is 2.22. The lowest BCUT2D eigenvalue weighted by Gasteiger charge is -2.34. The highest BCUT2D eigenvalue weighted by molar-refractivity contribution is 7.07. The van der Waals surface area contributed by atoms with Gasteiger partial charge in [-0.1, -0.05) is 12.1 Å². The SMILES string of the molecule is CCOc1ccc(CN2CCN(C(=O)c3ccc(OCc4cscn4)cc3)CC2)cc1. The van der Waals surface area contributed by atoms with Gasteiger partial charge in [-0.25, -0.2) is 4.98 Å². The smallest absolute Gasteiger partial charge is 0.253 e. The van der Waals surface area contributed by atoms with Gasteiger partial charge in [0, 0.05) is 43.7 Å². The molecule has 4 rings (SSSR count). The lowest BCUT2D eigenvalue weighted by molar-refractivity contribution is 0.0628. The van der Waals surface area contributed by atoms with Crippen molar-refractivity contribution < 1.29 is 14.3 Å². The standard InChI is InChI=1S/C24H27N3O3S/c1-2-29-22-7-3-19(4-8-22)15-26-11-13-27(14-12-26)24(28)20-5-9-23(10-6-20)30-16-21-17-31-18-25-21/h3-10,17-18H,2,11-16H2,1H3. The van der Waals surface area contributed by atoms with Crippen molar-refractivity contribution in [1.82, 2.24) is 14.8 Å². The number of carbonyl (C=O) groups excluding carboxylic acids is 1. The molecule has 1 aromatic heterocycles. The number of ether oxygens (including phenoxy) is 2. The minimum atomic E-state index is 0.0757. The molecule has 1 aliphatic rings. The Hall–Kier alpha value is -2.90. The summed E-state index contributed by atoms with van der Waals surface area (Å²) in [5.41, 5.74) is 4.66. The Morgan fingerprint density at radius 2 is 1.65 bits per heavy atom. The van der Waals surface area contributed by atoms with Crippen molar-refractivity contribution in [3.63, 3.8) is 0 Å². The van der Waals surface area contributed by atoms with Crippen molar-refractivity contribution in [2.75, 3.05) is 32.8 Å². The number of hydrogen-bond donors (Lipinski definition) is 0. The Balaban J connectivity index is 1.24. The molecule has 1 fully saturated rings. The molecule has 0 bridgehead atoms. The number of carbonyl (C=O) groups is 1. The topological polar surface area (TPSA) is 54.9 Å². The van der Waals surface area contributed by atoms with Crippen LogP contribution in [0.25, 0.3) is 0 Å². The second-order valence-corrected chi connectivity index (χ2v) is 8.16. The van der Waals surface area contributed by atoms with Crippen LogP contribution in [0.3, 0.4) is 0 Å². The molecule has 6 nitrogen and oxygen atoms in total. The Morgan fingerprint density at radius 1 is 0.968 bits per heavy atom. The lowest BCUT2D eigenvalue weighted by Crippen LogP contribution is -2.48. The second-order valence-electron chi connectivity index (χ2n) is 7.44. The van der Waals surface area contributed by atoms with Gasteiger partial charge in [0.15, 0.2) is 0 Å². The highest BCUT2D eigenvalue weighted by Crippen LogP contribution is 2.18. The van der Waals surface area contributed by atoms with Crippen molar-refractivity contribution in [2.24, 2.45) is 0 Å². The van der Waals surface area contributed by atoms with E-state index in [0.717, 1.165) is 49.9 Å². The summed E-state index contributed by atoms with van der Waals surface area (Å²) in [6.07, 6.45) is 0. The van der Waals surface area contributed by atoms with Gasteiger partial charge in [0.25, 0.3) is 5.91 Å². The number of hydrogen-bond acceptors (Lipinski definition) is 6. The zero-order valence-corrected chi connectivity index (χ0v) is 18.5. The van der Waals surface area contributed by atoms with Crippen LogP contribution in [0.15, 0.2) is 59.4 Å². The summed E-state index contributed by atoms with van der Waals surface area (Å²) in [4.78, 5) is 21.4. The van der Waals surface area contributed by atoms with Gasteiger partial charge >= 0.3 is 0 Å². The number of rotatable bonds is 8. The monoisotopic (exact) mass is 437 g/mol. The summed E-state index contributed by atoms with van der Waals surface area (Å²) in [5.74, 6) is 1.72. The number of piperazine rings is 1. The molecule has 7 heteroatoms. The third-order valence-electron chi connectivity index (χ3n) is 5.27. The Bertz CT molecular complexity index is 951. The molecule has 0 radical (unpaired) electrons. The van der Waals surface area contributed by atoms with Crippen LogP contribution >= 0.6 is 11.3 Å². The highest BCUT2D eigenvalue weighted by atomic mass is 32.1. The predicted octanol–water partition coefficient (Wildman–Crippen LogP) is 4.08. The minimum Gasteiger partial charge on any atom is -0.494 e. The minimum absolute atomic E-state index is 0.0757. The van der Waals surface area contributed by atoms with Crippen LogP contribution in [0.5, 0.6) is 11.5 Å². The van der Waals surface area contributed by atoms with E-state index in [1.165, 1.54) is 5.56 Å². The molecule has 0 spiro atoms. The fourth-order valence-corrected chi connectivity index (χ4v) is 4.11. The number of amides is 1. The molecule has 3 aromatic rings. The number of benzene rings is 2. The second kappa shape index (κ2) is 10.4. The van der Waals surface area contributed by atoms with Gasteiger partial charge in [0.05, 0.1) is 17.8 Å². The Morgan fingerprint density at radius 3 is 2.29 bits per heavy atom. The van der Waals surface area contributed by atoms with Crippen LogP contribution in [0, 0.1) is 0 Å². The van der Waals surface area contributed by atoms with Crippen LogP contribution in [-0.4, -0.2) is 53.5 Å². The van der Waals surface area contributed by atoms with Gasteiger partial charge in [-0.3, -0.25) is 9.69 Å². The average Bonchev–Trinajstić information content (AvgIpc) is 3.33. The van der Waals surface area contributed by atoms with Gasteiger partial charge in [-0.05, 0) is 48.9 Å². The summed E-state index contributed by atoms with van der Waals surface area (Å²) in [6, 6.07) is 15.6. The molecular weight excluding hydrogens is 410 g/mol. The molecule has 31 heavy (non-hydrogen) atoms. The predicted molar refractivity (Wildman–Crippen MR) is 122 cm³/mol. The van der Waals surface area contributed by atoms with E-state index in [9.17, 15) is 4.79 Å². The van der Waals surface area contributed by atoms with Crippen molar-refractivity contribution >= 4 is 17.2 Å². The van der Waals surface area contributed by atoms with E-state index >= 15 is 0 Å². The molecule has 0 saturated carbocycles. The lowest BCUT2D eigenvalue weighted by atomic mass is 10.1. The van der Waals surface area contributed by atoms with Crippen molar-refractivity contribution in [2.45, 2.75) is 20.1 Å². The maximum atomic E-state index is 12.9. The molecule has 0 atom stereocenters. The number of aromatic nitrogens is 1. The first-order chi connectivity index (χ1) is 15.2. The van der Waals surface area contributed by atoms with Crippen molar-refractivity contribution in [1.29, 1.82) is 0 Å². The van der Waals surface area contributed by atoms with E-state index in [4.69, 9.17) is 9.47 Å². The van der Waals surface area contributed by atoms with Gasteiger partial charge in [0.2, 0.25) is 0 Å². The zero-order valence-electron chi connectivity index (χ0n) is 17.7. The van der Waals surface area contributed by atoms with Gasteiger partial charge < -0.3 is 14.4 Å². The largest absolute Gasteiger partial charge is 0.494 e. The van der Waals surface area contributed by atoms with Crippen LogP contribution < -0.4 is 9.47 Å². The van der Waals surface area contributed by atoms with E-state index in [2.05, 4.69) is 22.0 Å². The molecular formula is C24H27N3O3S. The van der Waals surface area contributed by atoms with Gasteiger partial charge in [-0.2, -0.15) is 0 Å².